The fraction of sp³-hybridized carbons (Fsp3) is 0.688. The standard InChI is InChI=1S/C16H24BrN3O/c1-2-21-15-4-3-7-20(11-15)16-12(8-13(17)10-19-16)9-18-14-5-6-14/h8,10,14-15,18H,2-7,9,11H2,1H3. The lowest BCUT2D eigenvalue weighted by atomic mass is 10.1. The minimum absolute atomic E-state index is 0.346. The van der Waals surface area contributed by atoms with E-state index in [9.17, 15) is 0 Å². The topological polar surface area (TPSA) is 37.4 Å². The fourth-order valence-corrected chi connectivity index (χ4v) is 3.31. The van der Waals surface area contributed by atoms with E-state index in [4.69, 9.17) is 4.74 Å². The molecular formula is C16H24BrN3O. The number of nitrogens with one attached hydrogen (secondary N) is 1. The Kier molecular flexibility index (Phi) is 5.14. The molecule has 1 aromatic heterocycles. The Morgan fingerprint density at radius 2 is 2.29 bits per heavy atom. The van der Waals surface area contributed by atoms with Crippen LogP contribution in [0.1, 0.15) is 38.2 Å². The molecule has 1 saturated heterocycles. The number of ether oxygens (including phenoxy) is 1. The van der Waals surface area contributed by atoms with Gasteiger partial charge in [0.1, 0.15) is 5.82 Å². The Morgan fingerprint density at radius 1 is 1.43 bits per heavy atom. The van der Waals surface area contributed by atoms with Gasteiger partial charge in [0.05, 0.1) is 6.10 Å². The maximum atomic E-state index is 5.81. The molecule has 1 saturated carbocycles. The molecule has 1 N–H and O–H groups in total. The summed E-state index contributed by atoms with van der Waals surface area (Å²) in [6.45, 7) is 5.81. The lowest BCUT2D eigenvalue weighted by Gasteiger charge is -2.34. The van der Waals surface area contributed by atoms with Crippen molar-refractivity contribution < 1.29 is 4.74 Å². The molecule has 0 amide bonds. The van der Waals surface area contributed by atoms with E-state index in [1.165, 1.54) is 24.8 Å². The summed E-state index contributed by atoms with van der Waals surface area (Å²) < 4.78 is 6.86. The molecule has 3 rings (SSSR count). The van der Waals surface area contributed by atoms with Crippen LogP contribution in [-0.2, 0) is 11.3 Å². The summed E-state index contributed by atoms with van der Waals surface area (Å²) in [7, 11) is 0. The lowest BCUT2D eigenvalue weighted by molar-refractivity contribution is 0.0525. The van der Waals surface area contributed by atoms with E-state index in [0.717, 1.165) is 49.0 Å². The first kappa shape index (κ1) is 15.3. The van der Waals surface area contributed by atoms with E-state index < -0.39 is 0 Å². The second-order valence-corrected chi connectivity index (χ2v) is 6.87. The maximum absolute atomic E-state index is 5.81. The van der Waals surface area contributed by atoms with Gasteiger partial charge in [0, 0.05) is 48.5 Å². The van der Waals surface area contributed by atoms with Crippen molar-refractivity contribution in [3.63, 3.8) is 0 Å². The number of rotatable bonds is 6. The van der Waals surface area contributed by atoms with Crippen molar-refractivity contribution in [2.45, 2.75) is 51.3 Å². The Bertz CT molecular complexity index is 477. The first-order valence-corrected chi connectivity index (χ1v) is 8.80. The molecule has 1 atom stereocenters. The normalized spacial score (nSPS) is 22.6. The lowest BCUT2D eigenvalue weighted by Crippen LogP contribution is -2.40. The monoisotopic (exact) mass is 353 g/mol. The molecule has 1 aliphatic carbocycles. The Hall–Kier alpha value is -0.650. The largest absolute Gasteiger partial charge is 0.377 e. The van der Waals surface area contributed by atoms with E-state index in [2.05, 4.69) is 44.1 Å². The van der Waals surface area contributed by atoms with E-state index >= 15 is 0 Å². The van der Waals surface area contributed by atoms with Crippen LogP contribution in [0.2, 0.25) is 0 Å². The Labute approximate surface area is 135 Å². The summed E-state index contributed by atoms with van der Waals surface area (Å²) in [4.78, 5) is 7.07. The zero-order chi connectivity index (χ0) is 14.7. The highest BCUT2D eigenvalue weighted by atomic mass is 79.9. The van der Waals surface area contributed by atoms with Crippen molar-refractivity contribution in [1.82, 2.24) is 10.3 Å². The summed E-state index contributed by atoms with van der Waals surface area (Å²) >= 11 is 3.55. The van der Waals surface area contributed by atoms with Crippen LogP contribution in [0.5, 0.6) is 0 Å². The first-order chi connectivity index (χ1) is 10.3. The van der Waals surface area contributed by atoms with Gasteiger partial charge in [-0.3, -0.25) is 0 Å². The second-order valence-electron chi connectivity index (χ2n) is 5.96. The molecule has 116 valence electrons. The fourth-order valence-electron chi connectivity index (χ4n) is 2.93. The van der Waals surface area contributed by atoms with Crippen molar-refractivity contribution in [3.05, 3.63) is 22.3 Å². The van der Waals surface area contributed by atoms with Crippen molar-refractivity contribution in [1.29, 1.82) is 0 Å². The van der Waals surface area contributed by atoms with Gasteiger partial charge in [-0.1, -0.05) is 0 Å². The van der Waals surface area contributed by atoms with Gasteiger partial charge < -0.3 is 15.0 Å². The second kappa shape index (κ2) is 7.07. The van der Waals surface area contributed by atoms with Gasteiger partial charge in [0.25, 0.3) is 0 Å². The molecule has 0 spiro atoms. The smallest absolute Gasteiger partial charge is 0.133 e. The molecule has 4 nitrogen and oxygen atoms in total. The number of anilines is 1. The van der Waals surface area contributed by atoms with Crippen LogP contribution in [0.3, 0.4) is 0 Å². The average Bonchev–Trinajstić information content (AvgIpc) is 3.30. The third-order valence-corrected chi connectivity index (χ3v) is 4.58. The SMILES string of the molecule is CCOC1CCCN(c2ncc(Br)cc2CNC2CC2)C1. The van der Waals surface area contributed by atoms with Crippen molar-refractivity contribution >= 4 is 21.7 Å². The summed E-state index contributed by atoms with van der Waals surface area (Å²) in [6, 6.07) is 2.91. The molecule has 21 heavy (non-hydrogen) atoms. The molecule has 1 aliphatic heterocycles. The third kappa shape index (κ3) is 4.18. The van der Waals surface area contributed by atoms with Gasteiger partial charge in [-0.15, -0.1) is 0 Å². The molecule has 0 aromatic carbocycles. The van der Waals surface area contributed by atoms with E-state index in [1.54, 1.807) is 0 Å². The van der Waals surface area contributed by atoms with Crippen LogP contribution < -0.4 is 10.2 Å². The molecule has 0 radical (unpaired) electrons. The van der Waals surface area contributed by atoms with Crippen LogP contribution in [0, 0.1) is 0 Å². The zero-order valence-electron chi connectivity index (χ0n) is 12.6. The molecule has 1 unspecified atom stereocenters. The minimum atomic E-state index is 0.346. The van der Waals surface area contributed by atoms with E-state index in [1.807, 2.05) is 6.20 Å². The van der Waals surface area contributed by atoms with Crippen LogP contribution in [0.4, 0.5) is 5.82 Å². The van der Waals surface area contributed by atoms with Crippen molar-refractivity contribution in [2.24, 2.45) is 0 Å². The first-order valence-electron chi connectivity index (χ1n) is 8.00. The maximum Gasteiger partial charge on any atom is 0.133 e. The number of pyridine rings is 1. The number of hydrogen-bond donors (Lipinski definition) is 1. The van der Waals surface area contributed by atoms with Crippen molar-refractivity contribution in [2.75, 3.05) is 24.6 Å². The summed E-state index contributed by atoms with van der Waals surface area (Å²) in [5.74, 6) is 1.12. The third-order valence-electron chi connectivity index (χ3n) is 4.15. The van der Waals surface area contributed by atoms with E-state index in [-0.39, 0.29) is 0 Å². The molecule has 2 fully saturated rings. The molecule has 1 aromatic rings. The van der Waals surface area contributed by atoms with Crippen LogP contribution in [-0.4, -0.2) is 36.8 Å². The highest BCUT2D eigenvalue weighted by Gasteiger charge is 2.24. The number of aromatic nitrogens is 1. The van der Waals surface area contributed by atoms with Gasteiger partial charge >= 0.3 is 0 Å². The molecular weight excluding hydrogens is 330 g/mol. The number of halogens is 1. The molecule has 0 bridgehead atoms. The molecule has 2 heterocycles. The summed E-state index contributed by atoms with van der Waals surface area (Å²) in [5, 5.41) is 3.60. The van der Waals surface area contributed by atoms with Crippen molar-refractivity contribution in [3.8, 4) is 0 Å². The van der Waals surface area contributed by atoms with Crippen LogP contribution in [0.15, 0.2) is 16.7 Å². The predicted octanol–water partition coefficient (Wildman–Crippen LogP) is 3.10. The Morgan fingerprint density at radius 3 is 3.05 bits per heavy atom. The Balaban J connectivity index is 1.72. The van der Waals surface area contributed by atoms with Gasteiger partial charge in [-0.2, -0.15) is 0 Å². The van der Waals surface area contributed by atoms with Gasteiger partial charge in [-0.05, 0) is 54.6 Å². The highest BCUT2D eigenvalue weighted by Crippen LogP contribution is 2.27. The molecule has 2 aliphatic rings. The van der Waals surface area contributed by atoms with Gasteiger partial charge in [0.15, 0.2) is 0 Å². The van der Waals surface area contributed by atoms with E-state index in [0.29, 0.717) is 6.10 Å². The van der Waals surface area contributed by atoms with Gasteiger partial charge in [0.2, 0.25) is 0 Å². The zero-order valence-corrected chi connectivity index (χ0v) is 14.2. The van der Waals surface area contributed by atoms with Crippen LogP contribution in [0.25, 0.3) is 0 Å². The number of hydrogen-bond acceptors (Lipinski definition) is 4. The molecule has 5 heteroatoms. The highest BCUT2D eigenvalue weighted by molar-refractivity contribution is 9.10. The van der Waals surface area contributed by atoms with Gasteiger partial charge in [-0.25, -0.2) is 4.98 Å². The predicted molar refractivity (Wildman–Crippen MR) is 88.7 cm³/mol. The summed E-state index contributed by atoms with van der Waals surface area (Å²) in [5.41, 5.74) is 1.29. The summed E-state index contributed by atoms with van der Waals surface area (Å²) in [6.07, 6.45) is 7.22. The average molecular weight is 354 g/mol. The quantitative estimate of drug-likeness (QED) is 0.852. The van der Waals surface area contributed by atoms with Crippen LogP contribution >= 0.6 is 15.9 Å². The number of nitrogens with zero attached hydrogens (tertiary/aromatic N) is 2. The number of piperidine rings is 1. The minimum Gasteiger partial charge on any atom is -0.377 e.